The summed E-state index contributed by atoms with van der Waals surface area (Å²) in [6, 6.07) is 15.7. The van der Waals surface area contributed by atoms with Gasteiger partial charge in [0.25, 0.3) is 0 Å². The fourth-order valence-electron chi connectivity index (χ4n) is 3.63. The summed E-state index contributed by atoms with van der Waals surface area (Å²) >= 11 is 0. The molecule has 1 fully saturated rings. The molecule has 142 valence electrons. The van der Waals surface area contributed by atoms with Crippen LogP contribution in [0.3, 0.4) is 0 Å². The third-order valence-corrected chi connectivity index (χ3v) is 5.20. The lowest BCUT2D eigenvalue weighted by Gasteiger charge is -2.30. The van der Waals surface area contributed by atoms with Gasteiger partial charge in [-0.15, -0.1) is 0 Å². The number of halogens is 1. The maximum absolute atomic E-state index is 13.0. The molecule has 0 spiro atoms. The Bertz CT molecular complexity index is 769. The molecule has 1 aliphatic carbocycles. The third-order valence-electron chi connectivity index (χ3n) is 5.20. The summed E-state index contributed by atoms with van der Waals surface area (Å²) in [6.45, 7) is 0.602. The van der Waals surface area contributed by atoms with Gasteiger partial charge in [-0.3, -0.25) is 9.59 Å². The first-order valence-corrected chi connectivity index (χ1v) is 9.38. The molecule has 5 heteroatoms. The normalized spacial score (nSPS) is 19.3. The zero-order valence-corrected chi connectivity index (χ0v) is 15.5. The molecule has 0 atom stereocenters. The van der Waals surface area contributed by atoms with Crippen molar-refractivity contribution >= 4 is 17.5 Å². The summed E-state index contributed by atoms with van der Waals surface area (Å²) in [5.74, 6) is -0.347. The van der Waals surface area contributed by atoms with E-state index in [1.807, 2.05) is 37.4 Å². The summed E-state index contributed by atoms with van der Waals surface area (Å²) in [7, 11) is 1.84. The second-order valence-electron chi connectivity index (χ2n) is 7.22. The Kier molecular flexibility index (Phi) is 6.22. The van der Waals surface area contributed by atoms with E-state index in [4.69, 9.17) is 0 Å². The Balaban J connectivity index is 1.48. The zero-order chi connectivity index (χ0) is 19.2. The molecule has 2 amide bonds. The van der Waals surface area contributed by atoms with Crippen molar-refractivity contribution in [3.8, 4) is 0 Å². The quantitative estimate of drug-likeness (QED) is 0.859. The van der Waals surface area contributed by atoms with Crippen molar-refractivity contribution in [2.45, 2.75) is 32.2 Å². The van der Waals surface area contributed by atoms with Crippen LogP contribution in [0.2, 0.25) is 0 Å². The lowest BCUT2D eigenvalue weighted by Crippen LogP contribution is -2.36. The van der Waals surface area contributed by atoms with E-state index in [0.29, 0.717) is 25.1 Å². The average molecular weight is 368 g/mol. The standard InChI is InChI=1S/C22H25FN2O2/c1-25(15-16-5-3-2-4-6-16)22(27)18-9-7-17(8-10-18)21(26)24-20-13-11-19(23)12-14-20/h2-6,11-14,17-18H,7-10,15H2,1H3,(H,24,26). The molecule has 0 heterocycles. The van der Waals surface area contributed by atoms with E-state index in [0.717, 1.165) is 18.4 Å². The van der Waals surface area contributed by atoms with E-state index in [2.05, 4.69) is 5.32 Å². The van der Waals surface area contributed by atoms with Crippen LogP contribution in [0.4, 0.5) is 10.1 Å². The van der Waals surface area contributed by atoms with E-state index in [1.165, 1.54) is 12.1 Å². The van der Waals surface area contributed by atoms with Crippen molar-refractivity contribution in [1.82, 2.24) is 4.90 Å². The first kappa shape index (κ1) is 19.1. The predicted molar refractivity (Wildman–Crippen MR) is 103 cm³/mol. The zero-order valence-electron chi connectivity index (χ0n) is 15.5. The van der Waals surface area contributed by atoms with Gasteiger partial charge < -0.3 is 10.2 Å². The van der Waals surface area contributed by atoms with Gasteiger partial charge in [-0.2, -0.15) is 0 Å². The first-order chi connectivity index (χ1) is 13.0. The number of hydrogen-bond acceptors (Lipinski definition) is 2. The molecule has 1 aliphatic rings. The number of benzene rings is 2. The minimum absolute atomic E-state index is 0.0198. The van der Waals surface area contributed by atoms with Gasteiger partial charge in [0.1, 0.15) is 5.82 Å². The lowest BCUT2D eigenvalue weighted by atomic mass is 9.81. The summed E-state index contributed by atoms with van der Waals surface area (Å²) in [4.78, 5) is 26.9. The van der Waals surface area contributed by atoms with E-state index < -0.39 is 0 Å². The minimum Gasteiger partial charge on any atom is -0.341 e. The number of nitrogens with zero attached hydrogens (tertiary/aromatic N) is 1. The molecule has 0 aliphatic heterocycles. The number of carbonyl (C=O) groups is 2. The van der Waals surface area contributed by atoms with Gasteiger partial charge in [-0.1, -0.05) is 30.3 Å². The third kappa shape index (κ3) is 5.16. The summed E-state index contributed by atoms with van der Waals surface area (Å²) in [6.07, 6.45) is 2.84. The molecule has 0 aromatic heterocycles. The number of carbonyl (C=O) groups excluding carboxylic acids is 2. The van der Waals surface area contributed by atoms with E-state index in [-0.39, 0.29) is 29.5 Å². The van der Waals surface area contributed by atoms with Crippen LogP contribution in [0.5, 0.6) is 0 Å². The van der Waals surface area contributed by atoms with Gasteiger partial charge in [0.15, 0.2) is 0 Å². The Morgan fingerprint density at radius 1 is 0.963 bits per heavy atom. The van der Waals surface area contributed by atoms with Crippen molar-refractivity contribution in [3.05, 3.63) is 66.0 Å². The monoisotopic (exact) mass is 368 g/mol. The number of nitrogens with one attached hydrogen (secondary N) is 1. The van der Waals surface area contributed by atoms with Gasteiger partial charge in [-0.05, 0) is 55.5 Å². The molecule has 2 aromatic carbocycles. The molecule has 0 bridgehead atoms. The maximum atomic E-state index is 13.0. The number of rotatable bonds is 5. The molecule has 0 radical (unpaired) electrons. The second kappa shape index (κ2) is 8.80. The van der Waals surface area contributed by atoms with Crippen LogP contribution < -0.4 is 5.32 Å². The van der Waals surface area contributed by atoms with Gasteiger partial charge in [0.2, 0.25) is 11.8 Å². The molecule has 27 heavy (non-hydrogen) atoms. The molecule has 4 nitrogen and oxygen atoms in total. The number of amides is 2. The summed E-state index contributed by atoms with van der Waals surface area (Å²) in [5, 5.41) is 2.84. The lowest BCUT2D eigenvalue weighted by molar-refractivity contribution is -0.137. The van der Waals surface area contributed by atoms with Crippen LogP contribution >= 0.6 is 0 Å². The largest absolute Gasteiger partial charge is 0.341 e. The number of anilines is 1. The Morgan fingerprint density at radius 2 is 1.56 bits per heavy atom. The van der Waals surface area contributed by atoms with Crippen LogP contribution in [0.1, 0.15) is 31.2 Å². The van der Waals surface area contributed by atoms with Crippen molar-refractivity contribution in [2.24, 2.45) is 11.8 Å². The number of hydrogen-bond donors (Lipinski definition) is 1. The Morgan fingerprint density at radius 3 is 2.19 bits per heavy atom. The van der Waals surface area contributed by atoms with E-state index in [1.54, 1.807) is 17.0 Å². The van der Waals surface area contributed by atoms with Crippen LogP contribution in [-0.2, 0) is 16.1 Å². The fourth-order valence-corrected chi connectivity index (χ4v) is 3.63. The van der Waals surface area contributed by atoms with Crippen molar-refractivity contribution in [3.63, 3.8) is 0 Å². The highest BCUT2D eigenvalue weighted by molar-refractivity contribution is 5.92. The summed E-state index contributed by atoms with van der Waals surface area (Å²) in [5.41, 5.74) is 1.71. The van der Waals surface area contributed by atoms with E-state index >= 15 is 0 Å². The van der Waals surface area contributed by atoms with Crippen LogP contribution in [0, 0.1) is 17.7 Å². The van der Waals surface area contributed by atoms with Crippen molar-refractivity contribution in [2.75, 3.05) is 12.4 Å². The molecular weight excluding hydrogens is 343 g/mol. The van der Waals surface area contributed by atoms with Crippen LogP contribution in [0.25, 0.3) is 0 Å². The Hall–Kier alpha value is -2.69. The second-order valence-corrected chi connectivity index (χ2v) is 7.22. The van der Waals surface area contributed by atoms with E-state index in [9.17, 15) is 14.0 Å². The van der Waals surface area contributed by atoms with Crippen molar-refractivity contribution in [1.29, 1.82) is 0 Å². The highest BCUT2D eigenvalue weighted by atomic mass is 19.1. The minimum atomic E-state index is -0.327. The fraction of sp³-hybridized carbons (Fsp3) is 0.364. The smallest absolute Gasteiger partial charge is 0.227 e. The molecule has 1 saturated carbocycles. The molecular formula is C22H25FN2O2. The molecule has 0 saturated heterocycles. The average Bonchev–Trinajstić information content (AvgIpc) is 2.70. The SMILES string of the molecule is CN(Cc1ccccc1)C(=O)C1CCC(C(=O)Nc2ccc(F)cc2)CC1. The van der Waals surface area contributed by atoms with Gasteiger partial charge >= 0.3 is 0 Å². The molecule has 3 rings (SSSR count). The van der Waals surface area contributed by atoms with Gasteiger partial charge in [-0.25, -0.2) is 4.39 Å². The van der Waals surface area contributed by atoms with Gasteiger partial charge in [0.05, 0.1) is 0 Å². The maximum Gasteiger partial charge on any atom is 0.227 e. The highest BCUT2D eigenvalue weighted by Crippen LogP contribution is 2.31. The topological polar surface area (TPSA) is 49.4 Å². The summed E-state index contributed by atoms with van der Waals surface area (Å²) < 4.78 is 13.0. The van der Waals surface area contributed by atoms with Crippen molar-refractivity contribution < 1.29 is 14.0 Å². The van der Waals surface area contributed by atoms with Crippen LogP contribution in [0.15, 0.2) is 54.6 Å². The first-order valence-electron chi connectivity index (χ1n) is 9.38. The molecule has 0 unspecified atom stereocenters. The highest BCUT2D eigenvalue weighted by Gasteiger charge is 2.31. The van der Waals surface area contributed by atoms with Crippen LogP contribution in [-0.4, -0.2) is 23.8 Å². The predicted octanol–water partition coefficient (Wildman–Crippen LogP) is 4.23. The molecule has 2 aromatic rings. The van der Waals surface area contributed by atoms with Gasteiger partial charge in [0, 0.05) is 31.1 Å². The Labute approximate surface area is 159 Å². The molecule has 1 N–H and O–H groups in total.